The number of carbonyl (C=O) groups excluding carboxylic acids is 1. The quantitative estimate of drug-likeness (QED) is 0.467. The van der Waals surface area contributed by atoms with Crippen LogP contribution in [0.5, 0.6) is 5.75 Å². The fourth-order valence-corrected chi connectivity index (χ4v) is 1.40. The van der Waals surface area contributed by atoms with Gasteiger partial charge in [0.1, 0.15) is 5.75 Å². The molecule has 0 amide bonds. The van der Waals surface area contributed by atoms with E-state index in [1.54, 1.807) is 54.6 Å². The minimum atomic E-state index is -0.995. The summed E-state index contributed by atoms with van der Waals surface area (Å²) in [6.45, 7) is 0. The van der Waals surface area contributed by atoms with Crippen LogP contribution in [0.2, 0.25) is 0 Å². The van der Waals surface area contributed by atoms with E-state index >= 15 is 0 Å². The number of hydrogen-bond acceptors (Lipinski definition) is 2. The van der Waals surface area contributed by atoms with Crippen LogP contribution in [-0.4, -0.2) is 5.97 Å². The molecule has 0 fully saturated rings. The van der Waals surface area contributed by atoms with Crippen LogP contribution < -0.4 is 4.74 Å². The van der Waals surface area contributed by atoms with Gasteiger partial charge in [-0.25, -0.2) is 4.79 Å². The first-order valence-electron chi connectivity index (χ1n) is 5.45. The second-order valence-electron chi connectivity index (χ2n) is 3.61. The van der Waals surface area contributed by atoms with E-state index in [0.29, 0.717) is 11.3 Å². The zero-order valence-corrected chi connectivity index (χ0v) is 9.55. The molecule has 2 nitrogen and oxygen atoms in total. The molecule has 0 N–H and O–H groups in total. The highest BCUT2D eigenvalue weighted by Crippen LogP contribution is 2.13. The van der Waals surface area contributed by atoms with Crippen molar-refractivity contribution in [1.82, 2.24) is 0 Å². The van der Waals surface area contributed by atoms with E-state index in [1.165, 1.54) is 0 Å². The van der Waals surface area contributed by atoms with Gasteiger partial charge in [0.2, 0.25) is 5.83 Å². The second kappa shape index (κ2) is 5.77. The van der Waals surface area contributed by atoms with Gasteiger partial charge in [0.15, 0.2) is 0 Å². The minimum absolute atomic E-state index is 0.319. The Morgan fingerprint density at radius 2 is 1.50 bits per heavy atom. The number of hydrogen-bond donors (Lipinski definition) is 0. The maximum Gasteiger partial charge on any atom is 0.372 e. The molecule has 0 saturated carbocycles. The number of ether oxygens (including phenoxy) is 1. The summed E-state index contributed by atoms with van der Waals surface area (Å²) in [6, 6.07) is 17.1. The van der Waals surface area contributed by atoms with E-state index in [1.807, 2.05) is 6.07 Å². The first-order chi connectivity index (χ1) is 8.75. The molecule has 0 saturated heterocycles. The number of benzene rings is 2. The molecule has 0 atom stereocenters. The molecule has 0 aliphatic rings. The second-order valence-corrected chi connectivity index (χ2v) is 3.61. The van der Waals surface area contributed by atoms with Crippen LogP contribution >= 0.6 is 0 Å². The Morgan fingerprint density at radius 3 is 2.11 bits per heavy atom. The van der Waals surface area contributed by atoms with Gasteiger partial charge in [0, 0.05) is 0 Å². The minimum Gasteiger partial charge on any atom is -0.421 e. The van der Waals surface area contributed by atoms with Crippen molar-refractivity contribution in [1.29, 1.82) is 0 Å². The van der Waals surface area contributed by atoms with Crippen molar-refractivity contribution in [3.05, 3.63) is 72.1 Å². The van der Waals surface area contributed by atoms with Gasteiger partial charge >= 0.3 is 5.97 Å². The molecule has 0 spiro atoms. The average Bonchev–Trinajstić information content (AvgIpc) is 2.41. The van der Waals surface area contributed by atoms with Crippen molar-refractivity contribution in [2.45, 2.75) is 0 Å². The summed E-state index contributed by atoms with van der Waals surface area (Å²) in [5.74, 6) is -1.60. The van der Waals surface area contributed by atoms with Gasteiger partial charge in [-0.1, -0.05) is 48.5 Å². The zero-order chi connectivity index (χ0) is 12.8. The van der Waals surface area contributed by atoms with E-state index in [0.717, 1.165) is 6.08 Å². The van der Waals surface area contributed by atoms with Crippen molar-refractivity contribution in [3.63, 3.8) is 0 Å². The van der Waals surface area contributed by atoms with Gasteiger partial charge in [0.25, 0.3) is 0 Å². The van der Waals surface area contributed by atoms with Crippen LogP contribution in [0.1, 0.15) is 5.56 Å². The highest BCUT2D eigenvalue weighted by Gasteiger charge is 2.11. The molecule has 90 valence electrons. The van der Waals surface area contributed by atoms with Gasteiger partial charge in [-0.2, -0.15) is 4.39 Å². The van der Waals surface area contributed by atoms with Gasteiger partial charge in [-0.05, 0) is 23.8 Å². The summed E-state index contributed by atoms with van der Waals surface area (Å²) in [5, 5.41) is 0. The summed E-state index contributed by atoms with van der Waals surface area (Å²) < 4.78 is 18.4. The summed E-state index contributed by atoms with van der Waals surface area (Å²) >= 11 is 0. The highest BCUT2D eigenvalue weighted by molar-refractivity contribution is 5.92. The first-order valence-corrected chi connectivity index (χ1v) is 5.45. The first kappa shape index (κ1) is 12.0. The number of para-hydroxylation sites is 1. The number of rotatable bonds is 3. The molecule has 0 aromatic heterocycles. The van der Waals surface area contributed by atoms with E-state index in [4.69, 9.17) is 4.74 Å². The molecule has 0 unspecified atom stereocenters. The third-order valence-corrected chi connectivity index (χ3v) is 2.24. The van der Waals surface area contributed by atoms with Crippen molar-refractivity contribution in [3.8, 4) is 5.75 Å². The maximum absolute atomic E-state index is 13.6. The molecular weight excluding hydrogens is 231 g/mol. The number of carbonyl (C=O) groups is 1. The van der Waals surface area contributed by atoms with Crippen molar-refractivity contribution >= 4 is 12.0 Å². The Balaban J connectivity index is 2.08. The monoisotopic (exact) mass is 242 g/mol. The van der Waals surface area contributed by atoms with Crippen molar-refractivity contribution in [2.24, 2.45) is 0 Å². The molecule has 0 aliphatic carbocycles. The topological polar surface area (TPSA) is 26.3 Å². The summed E-state index contributed by atoms with van der Waals surface area (Å²) in [6.07, 6.45) is 1.14. The van der Waals surface area contributed by atoms with Gasteiger partial charge in [-0.3, -0.25) is 0 Å². The summed E-state index contributed by atoms with van der Waals surface area (Å²) in [4.78, 5) is 11.5. The predicted octanol–water partition coefficient (Wildman–Crippen LogP) is 3.60. The lowest BCUT2D eigenvalue weighted by atomic mass is 10.2. The summed E-state index contributed by atoms with van der Waals surface area (Å²) in [7, 11) is 0. The Labute approximate surface area is 104 Å². The molecule has 2 aromatic rings. The van der Waals surface area contributed by atoms with Crippen LogP contribution in [0, 0.1) is 0 Å². The smallest absolute Gasteiger partial charge is 0.372 e. The third-order valence-electron chi connectivity index (χ3n) is 2.24. The van der Waals surface area contributed by atoms with Gasteiger partial charge in [-0.15, -0.1) is 0 Å². The molecular formula is C15H11FO2. The van der Waals surface area contributed by atoms with Crippen LogP contribution in [0.3, 0.4) is 0 Å². The molecule has 2 rings (SSSR count). The normalized spacial score (nSPS) is 11.1. The zero-order valence-electron chi connectivity index (χ0n) is 9.55. The maximum atomic E-state index is 13.6. The van der Waals surface area contributed by atoms with Gasteiger partial charge in [0.05, 0.1) is 0 Å². The van der Waals surface area contributed by atoms with E-state index < -0.39 is 11.8 Å². The van der Waals surface area contributed by atoms with E-state index in [9.17, 15) is 9.18 Å². The lowest BCUT2D eigenvalue weighted by molar-refractivity contribution is -0.131. The van der Waals surface area contributed by atoms with Crippen LogP contribution in [0.25, 0.3) is 6.08 Å². The molecule has 0 heterocycles. The molecule has 0 bridgehead atoms. The molecule has 0 aliphatic heterocycles. The Kier molecular flexibility index (Phi) is 3.86. The fourth-order valence-electron chi connectivity index (χ4n) is 1.40. The molecule has 2 aromatic carbocycles. The standard InChI is InChI=1S/C15H11FO2/c16-14(11-12-7-3-1-4-8-12)15(17)18-13-9-5-2-6-10-13/h1-11H. The number of halogens is 1. The van der Waals surface area contributed by atoms with Crippen LogP contribution in [-0.2, 0) is 4.79 Å². The van der Waals surface area contributed by atoms with Gasteiger partial charge < -0.3 is 4.74 Å². The lowest BCUT2D eigenvalue weighted by Gasteiger charge is -2.01. The van der Waals surface area contributed by atoms with E-state index in [2.05, 4.69) is 0 Å². The highest BCUT2D eigenvalue weighted by atomic mass is 19.1. The Morgan fingerprint density at radius 1 is 0.944 bits per heavy atom. The SMILES string of the molecule is O=C(Oc1ccccc1)C(F)=Cc1ccccc1. The van der Waals surface area contributed by atoms with E-state index in [-0.39, 0.29) is 0 Å². The largest absolute Gasteiger partial charge is 0.421 e. The lowest BCUT2D eigenvalue weighted by Crippen LogP contribution is -2.08. The third kappa shape index (κ3) is 3.28. The van der Waals surface area contributed by atoms with Crippen LogP contribution in [0.15, 0.2) is 66.5 Å². The Hall–Kier alpha value is -2.42. The fraction of sp³-hybridized carbons (Fsp3) is 0. The van der Waals surface area contributed by atoms with Crippen molar-refractivity contribution in [2.75, 3.05) is 0 Å². The van der Waals surface area contributed by atoms with Crippen LogP contribution in [0.4, 0.5) is 4.39 Å². The molecule has 3 heteroatoms. The number of esters is 1. The molecule has 0 radical (unpaired) electrons. The molecule has 18 heavy (non-hydrogen) atoms. The Bertz CT molecular complexity index is 547. The predicted molar refractivity (Wildman–Crippen MR) is 67.6 cm³/mol. The van der Waals surface area contributed by atoms with Crippen molar-refractivity contribution < 1.29 is 13.9 Å². The average molecular weight is 242 g/mol. The summed E-state index contributed by atoms with van der Waals surface area (Å²) in [5.41, 5.74) is 0.611.